The second kappa shape index (κ2) is 5.54. The molecule has 1 N–H and O–H groups in total. The molecule has 0 saturated carbocycles. The van der Waals surface area contributed by atoms with E-state index < -0.39 is 11.6 Å². The van der Waals surface area contributed by atoms with Gasteiger partial charge in [0.25, 0.3) is 0 Å². The summed E-state index contributed by atoms with van der Waals surface area (Å²) in [6.45, 7) is 0. The van der Waals surface area contributed by atoms with Crippen molar-refractivity contribution >= 4 is 12.2 Å². The molecule has 0 unspecified atom stereocenters. The Balaban J connectivity index is 2.22. The SMILES string of the molecule is Fc1cccc(F)c1-c1cc(=S)nc(-c2ccccc2)[nH]1. The normalized spacial score (nSPS) is 10.6. The summed E-state index contributed by atoms with van der Waals surface area (Å²) in [5.41, 5.74) is 0.926. The Hall–Kier alpha value is -2.40. The van der Waals surface area contributed by atoms with Crippen molar-refractivity contribution in [3.05, 3.63) is 70.9 Å². The molecule has 21 heavy (non-hydrogen) atoms. The van der Waals surface area contributed by atoms with Crippen LogP contribution in [0.3, 0.4) is 0 Å². The van der Waals surface area contributed by atoms with Crippen molar-refractivity contribution in [2.75, 3.05) is 0 Å². The van der Waals surface area contributed by atoms with E-state index in [1.165, 1.54) is 24.3 Å². The highest BCUT2D eigenvalue weighted by Gasteiger charge is 2.13. The molecule has 0 aliphatic carbocycles. The summed E-state index contributed by atoms with van der Waals surface area (Å²) in [5.74, 6) is -0.822. The second-order valence-electron chi connectivity index (χ2n) is 4.44. The summed E-state index contributed by atoms with van der Waals surface area (Å²) in [6.07, 6.45) is 0. The Morgan fingerprint density at radius 1 is 0.905 bits per heavy atom. The van der Waals surface area contributed by atoms with Crippen LogP contribution in [0.15, 0.2) is 54.6 Å². The average molecular weight is 300 g/mol. The van der Waals surface area contributed by atoms with Gasteiger partial charge in [-0.05, 0) is 18.2 Å². The van der Waals surface area contributed by atoms with Crippen molar-refractivity contribution in [3.63, 3.8) is 0 Å². The van der Waals surface area contributed by atoms with Crippen LogP contribution in [0.4, 0.5) is 8.78 Å². The number of H-pyrrole nitrogens is 1. The average Bonchev–Trinajstić information content (AvgIpc) is 2.47. The van der Waals surface area contributed by atoms with Crippen molar-refractivity contribution in [2.45, 2.75) is 0 Å². The predicted octanol–water partition coefficient (Wildman–Crippen LogP) is 4.75. The summed E-state index contributed by atoms with van der Waals surface area (Å²) in [7, 11) is 0. The number of benzene rings is 2. The lowest BCUT2D eigenvalue weighted by Crippen LogP contribution is -1.96. The van der Waals surface area contributed by atoms with Gasteiger partial charge in [-0.3, -0.25) is 0 Å². The zero-order chi connectivity index (χ0) is 14.8. The third-order valence-electron chi connectivity index (χ3n) is 3.02. The number of aromatic amines is 1. The molecular formula is C16H10F2N2S. The van der Waals surface area contributed by atoms with E-state index in [4.69, 9.17) is 12.2 Å². The highest BCUT2D eigenvalue weighted by molar-refractivity contribution is 7.71. The van der Waals surface area contributed by atoms with Crippen molar-refractivity contribution in [3.8, 4) is 22.6 Å². The molecule has 3 rings (SSSR count). The molecule has 0 fully saturated rings. The summed E-state index contributed by atoms with van der Waals surface area (Å²) in [5, 5.41) is 0. The first-order valence-corrected chi connectivity index (χ1v) is 6.67. The third kappa shape index (κ3) is 2.73. The van der Waals surface area contributed by atoms with Gasteiger partial charge in [0.2, 0.25) is 0 Å². The van der Waals surface area contributed by atoms with Crippen LogP contribution in [-0.2, 0) is 0 Å². The molecule has 2 nitrogen and oxygen atoms in total. The van der Waals surface area contributed by atoms with Gasteiger partial charge in [0.15, 0.2) is 0 Å². The summed E-state index contributed by atoms with van der Waals surface area (Å²) >= 11 is 5.10. The topological polar surface area (TPSA) is 28.7 Å². The van der Waals surface area contributed by atoms with Crippen LogP contribution in [0.25, 0.3) is 22.6 Å². The lowest BCUT2D eigenvalue weighted by molar-refractivity contribution is 0.588. The molecular weight excluding hydrogens is 290 g/mol. The largest absolute Gasteiger partial charge is 0.339 e. The van der Waals surface area contributed by atoms with Gasteiger partial charge in [0.1, 0.15) is 22.1 Å². The molecule has 1 heterocycles. The van der Waals surface area contributed by atoms with E-state index in [2.05, 4.69) is 9.97 Å². The van der Waals surface area contributed by atoms with Crippen molar-refractivity contribution in [2.24, 2.45) is 0 Å². The quantitative estimate of drug-likeness (QED) is 0.692. The minimum absolute atomic E-state index is 0.136. The van der Waals surface area contributed by atoms with Crippen molar-refractivity contribution in [1.82, 2.24) is 9.97 Å². The lowest BCUT2D eigenvalue weighted by Gasteiger charge is -2.08. The summed E-state index contributed by atoms with van der Waals surface area (Å²) in [6, 6.07) is 14.4. The van der Waals surface area contributed by atoms with Crippen LogP contribution in [0, 0.1) is 16.3 Å². The molecule has 0 aliphatic heterocycles. The Kier molecular flexibility index (Phi) is 3.58. The molecule has 2 aromatic carbocycles. The van der Waals surface area contributed by atoms with Crippen LogP contribution < -0.4 is 0 Å². The Bertz CT molecular complexity index is 824. The molecule has 0 saturated heterocycles. The van der Waals surface area contributed by atoms with E-state index in [0.29, 0.717) is 5.82 Å². The van der Waals surface area contributed by atoms with Gasteiger partial charge in [-0.1, -0.05) is 48.6 Å². The van der Waals surface area contributed by atoms with Gasteiger partial charge >= 0.3 is 0 Å². The van der Waals surface area contributed by atoms with Gasteiger partial charge in [-0.2, -0.15) is 0 Å². The maximum Gasteiger partial charge on any atom is 0.139 e. The minimum Gasteiger partial charge on any atom is -0.339 e. The fourth-order valence-corrected chi connectivity index (χ4v) is 2.29. The maximum atomic E-state index is 13.9. The van der Waals surface area contributed by atoms with E-state index in [0.717, 1.165) is 5.56 Å². The van der Waals surface area contributed by atoms with E-state index in [9.17, 15) is 8.78 Å². The van der Waals surface area contributed by atoms with Crippen LogP contribution >= 0.6 is 12.2 Å². The molecule has 1 aromatic heterocycles. The van der Waals surface area contributed by atoms with Gasteiger partial charge in [0.05, 0.1) is 11.3 Å². The van der Waals surface area contributed by atoms with Gasteiger partial charge in [-0.25, -0.2) is 13.8 Å². The van der Waals surface area contributed by atoms with E-state index in [1.54, 1.807) is 0 Å². The summed E-state index contributed by atoms with van der Waals surface area (Å²) < 4.78 is 28.0. The minimum atomic E-state index is -0.647. The van der Waals surface area contributed by atoms with Crippen LogP contribution in [0.2, 0.25) is 0 Å². The first-order valence-electron chi connectivity index (χ1n) is 6.26. The highest BCUT2D eigenvalue weighted by Crippen LogP contribution is 2.26. The number of halogens is 2. The molecule has 0 radical (unpaired) electrons. The molecule has 0 aliphatic rings. The van der Waals surface area contributed by atoms with Gasteiger partial charge in [-0.15, -0.1) is 0 Å². The molecule has 0 amide bonds. The standard InChI is InChI=1S/C16H10F2N2S/c17-11-7-4-8-12(18)15(11)13-9-14(21)20-16(19-13)10-5-2-1-3-6-10/h1-9H,(H,19,20,21). The van der Waals surface area contributed by atoms with E-state index in [1.807, 2.05) is 30.3 Å². The monoisotopic (exact) mass is 300 g/mol. The van der Waals surface area contributed by atoms with Gasteiger partial charge < -0.3 is 4.98 Å². The molecule has 0 bridgehead atoms. The Morgan fingerprint density at radius 3 is 2.24 bits per heavy atom. The number of aromatic nitrogens is 2. The zero-order valence-corrected chi connectivity index (χ0v) is 11.6. The number of nitrogens with zero attached hydrogens (tertiary/aromatic N) is 1. The Morgan fingerprint density at radius 2 is 1.57 bits per heavy atom. The second-order valence-corrected chi connectivity index (χ2v) is 4.86. The van der Waals surface area contributed by atoms with E-state index in [-0.39, 0.29) is 15.9 Å². The predicted molar refractivity (Wildman–Crippen MR) is 80.2 cm³/mol. The molecule has 0 atom stereocenters. The number of hydrogen-bond acceptors (Lipinski definition) is 2. The van der Waals surface area contributed by atoms with Gasteiger partial charge in [0, 0.05) is 5.56 Å². The number of hydrogen-bond donors (Lipinski definition) is 1. The zero-order valence-electron chi connectivity index (χ0n) is 10.8. The van der Waals surface area contributed by atoms with Crippen LogP contribution in [0.1, 0.15) is 0 Å². The molecule has 0 spiro atoms. The van der Waals surface area contributed by atoms with E-state index >= 15 is 0 Å². The van der Waals surface area contributed by atoms with Crippen LogP contribution in [-0.4, -0.2) is 9.97 Å². The first-order chi connectivity index (χ1) is 10.1. The molecule has 5 heteroatoms. The molecule has 104 valence electrons. The fourth-order valence-electron chi connectivity index (χ4n) is 2.08. The number of nitrogens with one attached hydrogen (secondary N) is 1. The van der Waals surface area contributed by atoms with Crippen molar-refractivity contribution < 1.29 is 8.78 Å². The first kappa shape index (κ1) is 13.6. The fraction of sp³-hybridized carbons (Fsp3) is 0. The third-order valence-corrected chi connectivity index (χ3v) is 3.23. The molecule has 3 aromatic rings. The highest BCUT2D eigenvalue weighted by atomic mass is 32.1. The smallest absolute Gasteiger partial charge is 0.139 e. The lowest BCUT2D eigenvalue weighted by atomic mass is 10.1. The van der Waals surface area contributed by atoms with Crippen molar-refractivity contribution in [1.29, 1.82) is 0 Å². The Labute approximate surface area is 125 Å². The maximum absolute atomic E-state index is 13.9. The van der Waals surface area contributed by atoms with Crippen LogP contribution in [0.5, 0.6) is 0 Å². The number of rotatable bonds is 2. The summed E-state index contributed by atoms with van der Waals surface area (Å²) in [4.78, 5) is 7.14.